The van der Waals surface area contributed by atoms with Crippen molar-refractivity contribution >= 4 is 33.9 Å². The predicted molar refractivity (Wildman–Crippen MR) is 89.7 cm³/mol. The van der Waals surface area contributed by atoms with Crippen LogP contribution in [0.3, 0.4) is 0 Å². The fourth-order valence-electron chi connectivity index (χ4n) is 3.06. The van der Waals surface area contributed by atoms with Crippen LogP contribution in [-0.4, -0.2) is 10.9 Å². The highest BCUT2D eigenvalue weighted by Crippen LogP contribution is 2.37. The third kappa shape index (κ3) is 2.33. The molecule has 1 amide bonds. The van der Waals surface area contributed by atoms with E-state index in [1.54, 1.807) is 11.3 Å². The zero-order valence-electron chi connectivity index (χ0n) is 12.7. The Balaban J connectivity index is 2.08. The van der Waals surface area contributed by atoms with Crippen molar-refractivity contribution in [2.75, 3.05) is 5.32 Å². The molecule has 21 heavy (non-hydrogen) atoms. The van der Waals surface area contributed by atoms with Gasteiger partial charge in [0.15, 0.2) is 0 Å². The van der Waals surface area contributed by atoms with Gasteiger partial charge in [-0.25, -0.2) is 0 Å². The van der Waals surface area contributed by atoms with E-state index in [1.807, 2.05) is 17.5 Å². The summed E-state index contributed by atoms with van der Waals surface area (Å²) in [5, 5.41) is 5.90. The van der Waals surface area contributed by atoms with Gasteiger partial charge in [-0.15, -0.1) is 11.3 Å². The smallest absolute Gasteiger partial charge is 0.257 e. The monoisotopic (exact) mass is 300 g/mol. The van der Waals surface area contributed by atoms with Crippen molar-refractivity contribution in [1.29, 1.82) is 0 Å². The highest BCUT2D eigenvalue weighted by Gasteiger charge is 2.25. The van der Waals surface area contributed by atoms with Crippen LogP contribution in [0.5, 0.6) is 0 Å². The third-order valence-electron chi connectivity index (χ3n) is 4.03. The van der Waals surface area contributed by atoms with Crippen LogP contribution < -0.4 is 5.32 Å². The quantitative estimate of drug-likeness (QED) is 0.808. The molecule has 0 saturated heterocycles. The van der Waals surface area contributed by atoms with Gasteiger partial charge in [-0.2, -0.15) is 0 Å². The van der Waals surface area contributed by atoms with E-state index in [0.717, 1.165) is 41.1 Å². The Morgan fingerprint density at radius 2 is 2.10 bits per heavy atom. The Hall–Kier alpha value is -1.81. The topological polar surface area (TPSA) is 44.9 Å². The molecule has 1 aliphatic rings. The zero-order chi connectivity index (χ0) is 15.0. The Morgan fingerprint density at radius 1 is 1.29 bits per heavy atom. The number of aromatic nitrogens is 1. The lowest BCUT2D eigenvalue weighted by Gasteiger charge is -2.03. The average molecular weight is 300 g/mol. The molecule has 1 aliphatic heterocycles. The molecule has 0 saturated carbocycles. The highest BCUT2D eigenvalue weighted by atomic mass is 32.1. The van der Waals surface area contributed by atoms with Crippen LogP contribution in [0, 0.1) is 6.92 Å². The summed E-state index contributed by atoms with van der Waals surface area (Å²) in [5.41, 5.74) is 6.86. The molecular formula is C17H20N2OS. The molecule has 0 atom stereocenters. The Kier molecular flexibility index (Phi) is 3.72. The SMILES string of the molecule is CCCc1c(C)[nH]c(/C=C2\C(=O)Nc3sccc32)c1CC. The molecule has 3 rings (SSSR count). The van der Waals surface area contributed by atoms with Crippen LogP contribution in [0.1, 0.15) is 48.3 Å². The minimum atomic E-state index is 0.00296. The lowest BCUT2D eigenvalue weighted by Crippen LogP contribution is -2.03. The van der Waals surface area contributed by atoms with Crippen LogP contribution in [0.2, 0.25) is 0 Å². The van der Waals surface area contributed by atoms with E-state index in [4.69, 9.17) is 0 Å². The largest absolute Gasteiger partial charge is 0.359 e. The lowest BCUT2D eigenvalue weighted by molar-refractivity contribution is -0.110. The number of thiophene rings is 1. The maximum atomic E-state index is 12.1. The van der Waals surface area contributed by atoms with E-state index in [0.29, 0.717) is 0 Å². The van der Waals surface area contributed by atoms with E-state index in [-0.39, 0.29) is 5.91 Å². The first kappa shape index (κ1) is 14.1. The molecule has 3 heterocycles. The molecular weight excluding hydrogens is 280 g/mol. The van der Waals surface area contributed by atoms with Crippen molar-refractivity contribution in [2.45, 2.75) is 40.0 Å². The van der Waals surface area contributed by atoms with E-state index < -0.39 is 0 Å². The molecule has 3 nitrogen and oxygen atoms in total. The fraction of sp³-hybridized carbons (Fsp3) is 0.353. The number of carbonyl (C=O) groups is 1. The molecule has 4 heteroatoms. The summed E-state index contributed by atoms with van der Waals surface area (Å²) in [6.07, 6.45) is 5.22. The number of aromatic amines is 1. The summed E-state index contributed by atoms with van der Waals surface area (Å²) in [6.45, 7) is 6.50. The number of aryl methyl sites for hydroxylation is 1. The standard InChI is InChI=1S/C17H20N2OS/c1-4-6-12-10(3)18-15(11(12)5-2)9-14-13-7-8-21-17(13)19-16(14)20/h7-9,18H,4-6H2,1-3H3,(H,19,20)/b14-9-. The average Bonchev–Trinajstić information content (AvgIpc) is 3.08. The van der Waals surface area contributed by atoms with Gasteiger partial charge in [0.2, 0.25) is 0 Å². The van der Waals surface area contributed by atoms with Crippen molar-refractivity contribution < 1.29 is 4.79 Å². The van der Waals surface area contributed by atoms with Gasteiger partial charge in [-0.05, 0) is 48.4 Å². The van der Waals surface area contributed by atoms with E-state index in [2.05, 4.69) is 31.1 Å². The van der Waals surface area contributed by atoms with Crippen LogP contribution in [0.15, 0.2) is 11.4 Å². The van der Waals surface area contributed by atoms with Crippen LogP contribution >= 0.6 is 11.3 Å². The van der Waals surface area contributed by atoms with E-state index >= 15 is 0 Å². The number of amides is 1. The van der Waals surface area contributed by atoms with Gasteiger partial charge >= 0.3 is 0 Å². The van der Waals surface area contributed by atoms with Crippen molar-refractivity contribution in [1.82, 2.24) is 4.98 Å². The Morgan fingerprint density at radius 3 is 2.81 bits per heavy atom. The number of fused-ring (bicyclic) bond motifs is 1. The molecule has 0 unspecified atom stereocenters. The number of rotatable bonds is 4. The lowest BCUT2D eigenvalue weighted by atomic mass is 10.0. The minimum Gasteiger partial charge on any atom is -0.359 e. The number of carbonyl (C=O) groups excluding carboxylic acids is 1. The Labute approximate surface area is 129 Å². The zero-order valence-corrected chi connectivity index (χ0v) is 13.5. The van der Waals surface area contributed by atoms with Crippen molar-refractivity contribution in [3.63, 3.8) is 0 Å². The fourth-order valence-corrected chi connectivity index (χ4v) is 3.85. The van der Waals surface area contributed by atoms with E-state index in [9.17, 15) is 4.79 Å². The van der Waals surface area contributed by atoms with Crippen LogP contribution in [0.4, 0.5) is 5.00 Å². The summed E-state index contributed by atoms with van der Waals surface area (Å²) < 4.78 is 0. The molecule has 2 aromatic heterocycles. The Bertz CT molecular complexity index is 721. The van der Waals surface area contributed by atoms with Gasteiger partial charge in [-0.3, -0.25) is 4.79 Å². The van der Waals surface area contributed by atoms with Crippen molar-refractivity contribution in [2.24, 2.45) is 0 Å². The molecule has 0 fully saturated rings. The van der Waals surface area contributed by atoms with Crippen molar-refractivity contribution in [3.8, 4) is 0 Å². The van der Waals surface area contributed by atoms with Gasteiger partial charge in [0.25, 0.3) is 5.91 Å². The number of nitrogens with one attached hydrogen (secondary N) is 2. The van der Waals surface area contributed by atoms with Gasteiger partial charge in [0.05, 0.1) is 5.57 Å². The van der Waals surface area contributed by atoms with Gasteiger partial charge in [0.1, 0.15) is 5.00 Å². The second-order valence-electron chi connectivity index (χ2n) is 5.40. The first-order chi connectivity index (χ1) is 10.2. The number of H-pyrrole nitrogens is 1. The third-order valence-corrected chi connectivity index (χ3v) is 4.86. The summed E-state index contributed by atoms with van der Waals surface area (Å²) in [4.78, 5) is 15.6. The molecule has 0 spiro atoms. The first-order valence-electron chi connectivity index (χ1n) is 7.46. The van der Waals surface area contributed by atoms with Crippen molar-refractivity contribution in [3.05, 3.63) is 39.5 Å². The molecule has 2 N–H and O–H groups in total. The number of hydrogen-bond donors (Lipinski definition) is 2. The second kappa shape index (κ2) is 5.53. The molecule has 0 aromatic carbocycles. The second-order valence-corrected chi connectivity index (χ2v) is 6.32. The van der Waals surface area contributed by atoms with Crippen LogP contribution in [-0.2, 0) is 17.6 Å². The number of anilines is 1. The van der Waals surface area contributed by atoms with Gasteiger partial charge in [-0.1, -0.05) is 20.3 Å². The maximum absolute atomic E-state index is 12.1. The molecule has 0 bridgehead atoms. The maximum Gasteiger partial charge on any atom is 0.257 e. The summed E-state index contributed by atoms with van der Waals surface area (Å²) in [6, 6.07) is 2.01. The first-order valence-corrected chi connectivity index (χ1v) is 8.34. The van der Waals surface area contributed by atoms with Gasteiger partial charge in [0, 0.05) is 17.0 Å². The summed E-state index contributed by atoms with van der Waals surface area (Å²) >= 11 is 1.57. The molecule has 0 radical (unpaired) electrons. The molecule has 2 aromatic rings. The summed E-state index contributed by atoms with van der Waals surface area (Å²) in [5.74, 6) is 0.00296. The normalized spacial score (nSPS) is 15.6. The van der Waals surface area contributed by atoms with Gasteiger partial charge < -0.3 is 10.3 Å². The minimum absolute atomic E-state index is 0.00296. The highest BCUT2D eigenvalue weighted by molar-refractivity contribution is 7.15. The summed E-state index contributed by atoms with van der Waals surface area (Å²) in [7, 11) is 0. The van der Waals surface area contributed by atoms with E-state index in [1.165, 1.54) is 16.8 Å². The van der Waals surface area contributed by atoms with Crippen LogP contribution in [0.25, 0.3) is 11.6 Å². The predicted octanol–water partition coefficient (Wildman–Crippen LogP) is 4.39. The molecule has 0 aliphatic carbocycles. The molecule has 110 valence electrons. The number of hydrogen-bond acceptors (Lipinski definition) is 2.